The molecule has 0 aromatic heterocycles. The summed E-state index contributed by atoms with van der Waals surface area (Å²) in [5.74, 6) is -1.05. The van der Waals surface area contributed by atoms with E-state index in [1.807, 2.05) is 0 Å². The molecule has 0 unspecified atom stereocenters. The standard InChI is InChI=1S/C23H33NO10/c1-7-30-21(27)33-17-10-9-15(14-18(17)34-22(28)31-8-2)13-16(19(25)29-6)24-11-12-32-20(26)23(3,4)5/h9-10,14,16,24H,7-8,11-13H2,1-6H3/t16-/m0/s1. The summed E-state index contributed by atoms with van der Waals surface area (Å²) in [5, 5.41) is 2.98. The van der Waals surface area contributed by atoms with Gasteiger partial charge in [0.1, 0.15) is 12.6 Å². The van der Waals surface area contributed by atoms with Crippen LogP contribution < -0.4 is 14.8 Å². The Morgan fingerprint density at radius 1 is 0.912 bits per heavy atom. The molecule has 1 atom stereocenters. The number of hydrogen-bond acceptors (Lipinski definition) is 11. The first-order valence-electron chi connectivity index (χ1n) is 10.8. The highest BCUT2D eigenvalue weighted by atomic mass is 16.7. The van der Waals surface area contributed by atoms with Crippen LogP contribution in [0, 0.1) is 5.41 Å². The van der Waals surface area contributed by atoms with Gasteiger partial charge in [-0.25, -0.2) is 9.59 Å². The normalized spacial score (nSPS) is 11.7. The van der Waals surface area contributed by atoms with Crippen molar-refractivity contribution in [3.05, 3.63) is 23.8 Å². The Hall–Kier alpha value is -3.34. The number of nitrogens with one attached hydrogen (secondary N) is 1. The first kappa shape index (κ1) is 28.7. The van der Waals surface area contributed by atoms with Crippen LogP contribution in [0.2, 0.25) is 0 Å². The molecule has 0 radical (unpaired) electrons. The van der Waals surface area contributed by atoms with Gasteiger partial charge in [-0.05, 0) is 58.7 Å². The van der Waals surface area contributed by atoms with Crippen molar-refractivity contribution in [2.24, 2.45) is 5.41 Å². The Bertz CT molecular complexity index is 847. The van der Waals surface area contributed by atoms with Crippen molar-refractivity contribution in [1.82, 2.24) is 5.32 Å². The molecule has 0 bridgehead atoms. The van der Waals surface area contributed by atoms with Crippen molar-refractivity contribution in [3.63, 3.8) is 0 Å². The fourth-order valence-corrected chi connectivity index (χ4v) is 2.53. The number of hydrogen-bond donors (Lipinski definition) is 1. The summed E-state index contributed by atoms with van der Waals surface area (Å²) >= 11 is 0. The molecule has 1 rings (SSSR count). The van der Waals surface area contributed by atoms with Gasteiger partial charge in [0.15, 0.2) is 11.5 Å². The number of carbonyl (C=O) groups excluding carboxylic acids is 4. The summed E-state index contributed by atoms with van der Waals surface area (Å²) in [6.07, 6.45) is -1.82. The lowest BCUT2D eigenvalue weighted by atomic mass is 9.97. The summed E-state index contributed by atoms with van der Waals surface area (Å²) in [6, 6.07) is 3.64. The molecule has 34 heavy (non-hydrogen) atoms. The first-order valence-corrected chi connectivity index (χ1v) is 10.8. The molecule has 0 amide bonds. The van der Waals surface area contributed by atoms with Crippen LogP contribution in [0.1, 0.15) is 40.2 Å². The quantitative estimate of drug-likeness (QED) is 0.215. The monoisotopic (exact) mass is 483 g/mol. The molecule has 0 aliphatic carbocycles. The SMILES string of the molecule is CCOC(=O)Oc1ccc(C[C@H](NCCOC(=O)C(C)(C)C)C(=O)OC)cc1OC(=O)OCC. The summed E-state index contributed by atoms with van der Waals surface area (Å²) < 4.78 is 29.8. The van der Waals surface area contributed by atoms with Crippen LogP contribution in [0.5, 0.6) is 11.5 Å². The second-order valence-corrected chi connectivity index (χ2v) is 7.97. The fraction of sp³-hybridized carbons (Fsp3) is 0.565. The molecule has 0 aliphatic heterocycles. The average molecular weight is 484 g/mol. The molecule has 1 N–H and O–H groups in total. The van der Waals surface area contributed by atoms with Gasteiger partial charge in [-0.15, -0.1) is 0 Å². The Labute approximate surface area is 199 Å². The van der Waals surface area contributed by atoms with Crippen molar-refractivity contribution in [2.75, 3.05) is 33.5 Å². The molecule has 0 fully saturated rings. The third kappa shape index (κ3) is 10.1. The molecule has 190 valence electrons. The van der Waals surface area contributed by atoms with Gasteiger partial charge in [-0.2, -0.15) is 0 Å². The summed E-state index contributed by atoms with van der Waals surface area (Å²) in [5.41, 5.74) is -0.0742. The van der Waals surface area contributed by atoms with Crippen molar-refractivity contribution < 1.29 is 47.6 Å². The number of benzene rings is 1. The fourth-order valence-electron chi connectivity index (χ4n) is 2.53. The number of rotatable bonds is 11. The van der Waals surface area contributed by atoms with E-state index >= 15 is 0 Å². The van der Waals surface area contributed by atoms with Gasteiger partial charge in [0.05, 0.1) is 25.7 Å². The van der Waals surface area contributed by atoms with Gasteiger partial charge in [-0.3, -0.25) is 9.59 Å². The maximum atomic E-state index is 12.3. The zero-order valence-electron chi connectivity index (χ0n) is 20.4. The summed E-state index contributed by atoms with van der Waals surface area (Å²) in [7, 11) is 1.25. The van der Waals surface area contributed by atoms with Crippen LogP contribution in [0.3, 0.4) is 0 Å². The molecule has 1 aromatic carbocycles. The van der Waals surface area contributed by atoms with Crippen LogP contribution in [-0.2, 0) is 35.0 Å². The lowest BCUT2D eigenvalue weighted by Crippen LogP contribution is -2.41. The Balaban J connectivity index is 2.96. The van der Waals surface area contributed by atoms with E-state index in [0.29, 0.717) is 5.56 Å². The summed E-state index contributed by atoms with van der Waals surface area (Å²) in [6.45, 7) is 8.90. The van der Waals surface area contributed by atoms with E-state index in [4.69, 9.17) is 28.4 Å². The second kappa shape index (κ2) is 14.0. The highest BCUT2D eigenvalue weighted by molar-refractivity contribution is 5.76. The predicted octanol–water partition coefficient (Wildman–Crippen LogP) is 3.02. The number of ether oxygens (including phenoxy) is 6. The Kier molecular flexibility index (Phi) is 11.8. The van der Waals surface area contributed by atoms with Gasteiger partial charge in [-0.1, -0.05) is 6.07 Å². The minimum Gasteiger partial charge on any atom is -0.468 e. The molecular weight excluding hydrogens is 450 g/mol. The zero-order valence-corrected chi connectivity index (χ0v) is 20.4. The maximum absolute atomic E-state index is 12.3. The molecule has 0 spiro atoms. The molecule has 11 heteroatoms. The second-order valence-electron chi connectivity index (χ2n) is 7.97. The van der Waals surface area contributed by atoms with Crippen LogP contribution in [0.4, 0.5) is 9.59 Å². The van der Waals surface area contributed by atoms with E-state index in [1.165, 1.54) is 19.2 Å². The third-order valence-electron chi connectivity index (χ3n) is 4.18. The molecule has 1 aromatic rings. The highest BCUT2D eigenvalue weighted by Gasteiger charge is 2.24. The largest absolute Gasteiger partial charge is 0.513 e. The number of carbonyl (C=O) groups is 4. The Morgan fingerprint density at radius 2 is 1.50 bits per heavy atom. The van der Waals surface area contributed by atoms with E-state index in [2.05, 4.69) is 5.32 Å². The van der Waals surface area contributed by atoms with E-state index in [1.54, 1.807) is 40.7 Å². The average Bonchev–Trinajstić information content (AvgIpc) is 2.76. The predicted molar refractivity (Wildman–Crippen MR) is 120 cm³/mol. The highest BCUT2D eigenvalue weighted by Crippen LogP contribution is 2.30. The van der Waals surface area contributed by atoms with Crippen molar-refractivity contribution in [2.45, 2.75) is 47.1 Å². The van der Waals surface area contributed by atoms with E-state index in [9.17, 15) is 19.2 Å². The lowest BCUT2D eigenvalue weighted by Gasteiger charge is -2.19. The Morgan fingerprint density at radius 3 is 2.03 bits per heavy atom. The van der Waals surface area contributed by atoms with Crippen LogP contribution >= 0.6 is 0 Å². The van der Waals surface area contributed by atoms with Crippen molar-refractivity contribution >= 4 is 24.2 Å². The zero-order chi connectivity index (χ0) is 25.7. The number of methoxy groups -OCH3 is 1. The maximum Gasteiger partial charge on any atom is 0.513 e. The minimum atomic E-state index is -0.989. The van der Waals surface area contributed by atoms with Gasteiger partial charge >= 0.3 is 24.2 Å². The van der Waals surface area contributed by atoms with Crippen molar-refractivity contribution in [3.8, 4) is 11.5 Å². The first-order chi connectivity index (χ1) is 16.0. The van der Waals surface area contributed by atoms with Crippen LogP contribution in [-0.4, -0.2) is 63.8 Å². The molecule has 11 nitrogen and oxygen atoms in total. The molecular formula is C23H33NO10. The minimum absolute atomic E-state index is 0.0626. The number of esters is 2. The third-order valence-corrected chi connectivity index (χ3v) is 4.18. The lowest BCUT2D eigenvalue weighted by molar-refractivity contribution is -0.152. The van der Waals surface area contributed by atoms with Gasteiger partial charge in [0.2, 0.25) is 0 Å². The van der Waals surface area contributed by atoms with Crippen LogP contribution in [0.25, 0.3) is 0 Å². The van der Waals surface area contributed by atoms with E-state index in [-0.39, 0.29) is 50.3 Å². The summed E-state index contributed by atoms with van der Waals surface area (Å²) in [4.78, 5) is 47.6. The van der Waals surface area contributed by atoms with Crippen LogP contribution in [0.15, 0.2) is 18.2 Å². The molecule has 0 heterocycles. The van der Waals surface area contributed by atoms with Crippen molar-refractivity contribution in [1.29, 1.82) is 0 Å². The molecule has 0 saturated carbocycles. The molecule has 0 aliphatic rings. The molecule has 0 saturated heterocycles. The van der Waals surface area contributed by atoms with E-state index < -0.39 is 29.7 Å². The van der Waals surface area contributed by atoms with Gasteiger partial charge in [0, 0.05) is 6.54 Å². The van der Waals surface area contributed by atoms with Gasteiger partial charge in [0.25, 0.3) is 0 Å². The topological polar surface area (TPSA) is 136 Å². The smallest absolute Gasteiger partial charge is 0.468 e. The van der Waals surface area contributed by atoms with Gasteiger partial charge < -0.3 is 33.7 Å². The van der Waals surface area contributed by atoms with E-state index in [0.717, 1.165) is 0 Å².